The number of sulfonamides is 1. The smallest absolute Gasteiger partial charge is 0.243 e. The number of anilines is 1. The monoisotopic (exact) mass is 423 g/mol. The molecule has 2 N–H and O–H groups in total. The molecule has 6 nitrogen and oxygen atoms in total. The number of benzene rings is 2. The van der Waals surface area contributed by atoms with Crippen molar-refractivity contribution in [3.05, 3.63) is 59.1 Å². The second-order valence-corrected chi connectivity index (χ2v) is 9.28. The van der Waals surface area contributed by atoms with Crippen LogP contribution in [0.5, 0.6) is 0 Å². The summed E-state index contributed by atoms with van der Waals surface area (Å²) < 4.78 is 26.2. The van der Waals surface area contributed by atoms with Crippen molar-refractivity contribution in [1.82, 2.24) is 9.62 Å². The van der Waals surface area contributed by atoms with Gasteiger partial charge in [-0.3, -0.25) is 4.79 Å². The van der Waals surface area contributed by atoms with Crippen molar-refractivity contribution in [2.45, 2.75) is 37.8 Å². The van der Waals surface area contributed by atoms with Crippen LogP contribution in [0.4, 0.5) is 5.69 Å². The predicted molar refractivity (Wildman–Crippen MR) is 113 cm³/mol. The van der Waals surface area contributed by atoms with E-state index in [0.717, 1.165) is 5.56 Å². The zero-order chi connectivity index (χ0) is 20.9. The van der Waals surface area contributed by atoms with Gasteiger partial charge in [0, 0.05) is 29.8 Å². The molecule has 0 saturated carbocycles. The lowest BCUT2D eigenvalue weighted by molar-refractivity contribution is -0.115. The molecule has 2 aromatic carbocycles. The summed E-state index contributed by atoms with van der Waals surface area (Å²) in [6.45, 7) is 5.70. The quantitative estimate of drug-likeness (QED) is 0.679. The highest BCUT2D eigenvalue weighted by atomic mass is 35.5. The first kappa shape index (κ1) is 22.4. The van der Waals surface area contributed by atoms with Gasteiger partial charge >= 0.3 is 0 Å². The molecule has 0 aliphatic heterocycles. The second-order valence-electron chi connectivity index (χ2n) is 6.84. The van der Waals surface area contributed by atoms with E-state index in [4.69, 9.17) is 11.6 Å². The maximum Gasteiger partial charge on any atom is 0.243 e. The lowest BCUT2D eigenvalue weighted by Gasteiger charge is -2.21. The largest absolute Gasteiger partial charge is 0.325 e. The van der Waals surface area contributed by atoms with Crippen LogP contribution in [0.25, 0.3) is 0 Å². The number of carbonyl (C=O) groups is 1. The molecule has 2 aromatic rings. The van der Waals surface area contributed by atoms with Crippen LogP contribution >= 0.6 is 11.6 Å². The fourth-order valence-corrected chi connectivity index (χ4v) is 3.97. The van der Waals surface area contributed by atoms with Crippen molar-refractivity contribution in [1.29, 1.82) is 0 Å². The first-order valence-corrected chi connectivity index (χ1v) is 10.8. The molecule has 2 rings (SSSR count). The van der Waals surface area contributed by atoms with Gasteiger partial charge in [0.15, 0.2) is 0 Å². The fraction of sp³-hybridized carbons (Fsp3) is 0.350. The molecule has 0 fully saturated rings. The van der Waals surface area contributed by atoms with Crippen LogP contribution in [0.15, 0.2) is 53.4 Å². The van der Waals surface area contributed by atoms with Gasteiger partial charge < -0.3 is 10.6 Å². The average molecular weight is 424 g/mol. The third-order valence-electron chi connectivity index (χ3n) is 4.48. The number of hydrogen-bond donors (Lipinski definition) is 2. The first-order chi connectivity index (χ1) is 13.1. The molecular weight excluding hydrogens is 398 g/mol. The first-order valence-electron chi connectivity index (χ1n) is 8.98. The Morgan fingerprint density at radius 3 is 2.14 bits per heavy atom. The van der Waals surface area contributed by atoms with E-state index in [9.17, 15) is 13.2 Å². The van der Waals surface area contributed by atoms with Crippen molar-refractivity contribution in [3.8, 4) is 0 Å². The predicted octanol–water partition coefficient (Wildman–Crippen LogP) is 3.66. The number of carbonyl (C=O) groups excluding carboxylic acids is 1. The molecule has 1 amide bonds. The Bertz CT molecular complexity index is 897. The Kier molecular flexibility index (Phi) is 7.60. The van der Waals surface area contributed by atoms with E-state index < -0.39 is 10.0 Å². The number of nitrogens with zero attached hydrogens (tertiary/aromatic N) is 1. The van der Waals surface area contributed by atoms with E-state index in [1.165, 1.54) is 16.4 Å². The molecular formula is C20H26ClN3O3S. The molecule has 0 heterocycles. The summed E-state index contributed by atoms with van der Waals surface area (Å²) in [4.78, 5) is 12.4. The Labute approximate surface area is 171 Å². The standard InChI is InChI=1S/C20H26ClN3O3S/c1-14(2)24(4)28(26,27)19-11-9-18(10-12-19)23-20(25)13-22-15(3)16-5-7-17(21)8-6-16/h5-12,14-15,22H,13H2,1-4H3,(H,23,25)/t15-/m0/s1. The number of halogens is 1. The van der Waals surface area contributed by atoms with Crippen molar-refractivity contribution >= 4 is 33.2 Å². The van der Waals surface area contributed by atoms with E-state index in [0.29, 0.717) is 10.7 Å². The molecule has 0 aliphatic rings. The van der Waals surface area contributed by atoms with Gasteiger partial charge in [-0.1, -0.05) is 23.7 Å². The molecule has 0 aromatic heterocycles. The Hall–Kier alpha value is -1.93. The van der Waals surface area contributed by atoms with Crippen LogP contribution in [-0.2, 0) is 14.8 Å². The van der Waals surface area contributed by atoms with Crippen LogP contribution in [-0.4, -0.2) is 38.3 Å². The van der Waals surface area contributed by atoms with Crippen LogP contribution in [0, 0.1) is 0 Å². The van der Waals surface area contributed by atoms with E-state index in [2.05, 4.69) is 10.6 Å². The van der Waals surface area contributed by atoms with Gasteiger partial charge in [0.1, 0.15) is 0 Å². The van der Waals surface area contributed by atoms with Gasteiger partial charge in [0.25, 0.3) is 0 Å². The third kappa shape index (κ3) is 5.78. The van der Waals surface area contributed by atoms with Gasteiger partial charge in [-0.05, 0) is 62.7 Å². The van der Waals surface area contributed by atoms with Gasteiger partial charge in [0.2, 0.25) is 15.9 Å². The SMILES string of the molecule is CC(C)N(C)S(=O)(=O)c1ccc(NC(=O)CN[C@@H](C)c2ccc(Cl)cc2)cc1. The molecule has 0 aliphatic carbocycles. The second kappa shape index (κ2) is 9.52. The highest BCUT2D eigenvalue weighted by Crippen LogP contribution is 2.19. The lowest BCUT2D eigenvalue weighted by atomic mass is 10.1. The zero-order valence-electron chi connectivity index (χ0n) is 16.4. The fourth-order valence-electron chi connectivity index (χ4n) is 2.47. The van der Waals surface area contributed by atoms with Gasteiger partial charge in [-0.2, -0.15) is 4.31 Å². The molecule has 28 heavy (non-hydrogen) atoms. The van der Waals surface area contributed by atoms with Gasteiger partial charge in [-0.25, -0.2) is 8.42 Å². The summed E-state index contributed by atoms with van der Waals surface area (Å²) >= 11 is 5.88. The number of nitrogens with one attached hydrogen (secondary N) is 2. The maximum atomic E-state index is 12.5. The average Bonchev–Trinajstić information content (AvgIpc) is 2.66. The maximum absolute atomic E-state index is 12.5. The third-order valence-corrected chi connectivity index (χ3v) is 6.78. The molecule has 0 bridgehead atoms. The summed E-state index contributed by atoms with van der Waals surface area (Å²) in [5.74, 6) is -0.212. The molecule has 1 atom stereocenters. The van der Waals surface area contributed by atoms with Crippen LogP contribution < -0.4 is 10.6 Å². The van der Waals surface area contributed by atoms with Crippen molar-refractivity contribution < 1.29 is 13.2 Å². The molecule has 0 unspecified atom stereocenters. The number of rotatable bonds is 8. The van der Waals surface area contributed by atoms with Crippen LogP contribution in [0.3, 0.4) is 0 Å². The summed E-state index contributed by atoms with van der Waals surface area (Å²) in [5.41, 5.74) is 1.57. The van der Waals surface area contributed by atoms with Gasteiger partial charge in [-0.15, -0.1) is 0 Å². The highest BCUT2D eigenvalue weighted by Gasteiger charge is 2.22. The molecule has 0 spiro atoms. The van der Waals surface area contributed by atoms with Crippen LogP contribution in [0.2, 0.25) is 5.02 Å². The summed E-state index contributed by atoms with van der Waals surface area (Å²) in [6, 6.07) is 13.4. The minimum Gasteiger partial charge on any atom is -0.325 e. The van der Waals surface area contributed by atoms with E-state index in [-0.39, 0.29) is 29.4 Å². The lowest BCUT2D eigenvalue weighted by Crippen LogP contribution is -2.33. The summed E-state index contributed by atoms with van der Waals surface area (Å²) in [6.07, 6.45) is 0. The molecule has 0 radical (unpaired) electrons. The number of hydrogen-bond acceptors (Lipinski definition) is 4. The van der Waals surface area contributed by atoms with Gasteiger partial charge in [0.05, 0.1) is 11.4 Å². The Morgan fingerprint density at radius 2 is 1.61 bits per heavy atom. The zero-order valence-corrected chi connectivity index (χ0v) is 18.0. The molecule has 0 saturated heterocycles. The number of amides is 1. The van der Waals surface area contributed by atoms with E-state index in [1.54, 1.807) is 19.2 Å². The minimum atomic E-state index is -3.54. The Morgan fingerprint density at radius 1 is 1.04 bits per heavy atom. The Balaban J connectivity index is 1.93. The van der Waals surface area contributed by atoms with E-state index >= 15 is 0 Å². The topological polar surface area (TPSA) is 78.5 Å². The molecule has 152 valence electrons. The molecule has 8 heteroatoms. The van der Waals surface area contributed by atoms with E-state index in [1.807, 2.05) is 45.0 Å². The summed E-state index contributed by atoms with van der Waals surface area (Å²) in [7, 11) is -1.99. The normalized spacial score (nSPS) is 13.0. The summed E-state index contributed by atoms with van der Waals surface area (Å²) in [5, 5.41) is 6.57. The van der Waals surface area contributed by atoms with Crippen molar-refractivity contribution in [2.75, 3.05) is 18.9 Å². The van der Waals surface area contributed by atoms with Crippen molar-refractivity contribution in [2.24, 2.45) is 0 Å². The van der Waals surface area contributed by atoms with Crippen molar-refractivity contribution in [3.63, 3.8) is 0 Å². The minimum absolute atomic E-state index is 0.0119. The van der Waals surface area contributed by atoms with Crippen LogP contribution in [0.1, 0.15) is 32.4 Å². The highest BCUT2D eigenvalue weighted by molar-refractivity contribution is 7.89.